The lowest BCUT2D eigenvalue weighted by atomic mass is 10.1. The van der Waals surface area contributed by atoms with E-state index in [0.717, 1.165) is 11.1 Å². The average Bonchev–Trinajstić information content (AvgIpc) is 3.30. The summed E-state index contributed by atoms with van der Waals surface area (Å²) in [6.07, 6.45) is 1.77. The summed E-state index contributed by atoms with van der Waals surface area (Å²) in [6.45, 7) is 3.77. The van der Waals surface area contributed by atoms with Gasteiger partial charge in [0.1, 0.15) is 28.3 Å². The Morgan fingerprint density at radius 1 is 1.29 bits per heavy atom. The number of nitrogens with one attached hydrogen (secondary N) is 1. The molecule has 4 N–H and O–H groups in total. The summed E-state index contributed by atoms with van der Waals surface area (Å²) in [6, 6.07) is 7.35. The summed E-state index contributed by atoms with van der Waals surface area (Å²) >= 11 is 0. The smallest absolute Gasteiger partial charge is 0.221 e. The van der Waals surface area contributed by atoms with Crippen molar-refractivity contribution in [2.75, 3.05) is 12.8 Å². The molecular weight excluding hydrogens is 360 g/mol. The highest BCUT2D eigenvalue weighted by Gasteiger charge is 2.20. The van der Waals surface area contributed by atoms with Crippen LogP contribution in [-0.4, -0.2) is 47.4 Å². The Bertz CT molecular complexity index is 1140. The maximum atomic E-state index is 10.0. The van der Waals surface area contributed by atoms with Gasteiger partial charge in [-0.05, 0) is 26.0 Å². The van der Waals surface area contributed by atoms with Crippen LogP contribution in [0.1, 0.15) is 25.2 Å². The zero-order chi connectivity index (χ0) is 19.9. The minimum atomic E-state index is -1.02. The first kappa shape index (κ1) is 17.9. The number of nitrogens with zero attached hydrogens (tertiary/aromatic N) is 6. The molecule has 28 heavy (non-hydrogen) atoms. The van der Waals surface area contributed by atoms with Crippen LogP contribution in [0.5, 0.6) is 5.75 Å². The van der Waals surface area contributed by atoms with E-state index in [1.54, 1.807) is 37.9 Å². The molecule has 4 aromatic rings. The van der Waals surface area contributed by atoms with Gasteiger partial charge in [-0.1, -0.05) is 17.3 Å². The van der Waals surface area contributed by atoms with Crippen LogP contribution in [0.25, 0.3) is 22.3 Å². The van der Waals surface area contributed by atoms with Crippen LogP contribution in [0.2, 0.25) is 0 Å². The first-order valence-corrected chi connectivity index (χ1v) is 8.63. The van der Waals surface area contributed by atoms with Crippen molar-refractivity contribution in [1.82, 2.24) is 35.2 Å². The fourth-order valence-corrected chi connectivity index (χ4v) is 2.92. The number of para-hydroxylation sites is 1. The van der Waals surface area contributed by atoms with Crippen molar-refractivity contribution >= 4 is 16.9 Å². The topological polar surface area (TPSA) is 141 Å². The normalized spacial score (nSPS) is 11.9. The zero-order valence-electron chi connectivity index (χ0n) is 15.7. The van der Waals surface area contributed by atoms with Crippen molar-refractivity contribution < 1.29 is 9.84 Å². The van der Waals surface area contributed by atoms with Gasteiger partial charge < -0.3 is 15.6 Å². The van der Waals surface area contributed by atoms with Gasteiger partial charge in [0.25, 0.3) is 0 Å². The van der Waals surface area contributed by atoms with Crippen molar-refractivity contribution in [3.8, 4) is 17.1 Å². The molecule has 4 rings (SSSR count). The number of benzene rings is 1. The third-order valence-corrected chi connectivity index (χ3v) is 4.30. The molecule has 0 radical (unpaired) electrons. The molecule has 3 aromatic heterocycles. The van der Waals surface area contributed by atoms with Gasteiger partial charge in [0, 0.05) is 5.39 Å². The highest BCUT2D eigenvalue weighted by atomic mass is 16.5. The first-order valence-electron chi connectivity index (χ1n) is 8.63. The van der Waals surface area contributed by atoms with Gasteiger partial charge in [-0.15, -0.1) is 5.10 Å². The van der Waals surface area contributed by atoms with Crippen LogP contribution in [-0.2, 0) is 12.1 Å². The second-order valence-corrected chi connectivity index (χ2v) is 6.93. The minimum Gasteiger partial charge on any atom is -0.494 e. The largest absolute Gasteiger partial charge is 0.494 e. The predicted octanol–water partition coefficient (Wildman–Crippen LogP) is 1.48. The number of aliphatic hydroxyl groups is 1. The molecule has 0 atom stereocenters. The molecule has 0 aliphatic carbocycles. The highest BCUT2D eigenvalue weighted by Crippen LogP contribution is 2.30. The van der Waals surface area contributed by atoms with Crippen molar-refractivity contribution in [2.45, 2.75) is 26.0 Å². The van der Waals surface area contributed by atoms with Crippen molar-refractivity contribution in [1.29, 1.82) is 0 Å². The molecule has 0 saturated carbocycles. The molecule has 144 valence electrons. The number of fused-ring (bicyclic) bond motifs is 1. The van der Waals surface area contributed by atoms with E-state index in [-0.39, 0.29) is 5.95 Å². The summed E-state index contributed by atoms with van der Waals surface area (Å²) in [5.41, 5.74) is 7.99. The summed E-state index contributed by atoms with van der Waals surface area (Å²) in [5.74, 6) is 0.738. The van der Waals surface area contributed by atoms with Gasteiger partial charge in [-0.3, -0.25) is 5.10 Å². The molecule has 0 bridgehead atoms. The molecule has 0 spiro atoms. The number of methoxy groups -OCH3 is 1. The van der Waals surface area contributed by atoms with Crippen LogP contribution in [0.4, 0.5) is 5.95 Å². The summed E-state index contributed by atoms with van der Waals surface area (Å²) in [7, 11) is 1.58. The Hall–Kier alpha value is -3.53. The summed E-state index contributed by atoms with van der Waals surface area (Å²) in [4.78, 5) is 8.63. The summed E-state index contributed by atoms with van der Waals surface area (Å²) in [5, 5.41) is 26.2. The lowest BCUT2D eigenvalue weighted by molar-refractivity contribution is 0.0738. The first-order chi connectivity index (χ1) is 13.3. The molecule has 3 heterocycles. The molecule has 10 nitrogen and oxygen atoms in total. The molecule has 0 unspecified atom stereocenters. The molecule has 0 aliphatic heterocycles. The van der Waals surface area contributed by atoms with E-state index in [4.69, 9.17) is 10.5 Å². The van der Waals surface area contributed by atoms with Gasteiger partial charge in [-0.2, -0.15) is 5.10 Å². The van der Waals surface area contributed by atoms with E-state index < -0.39 is 5.60 Å². The van der Waals surface area contributed by atoms with Gasteiger partial charge in [0.05, 0.1) is 31.2 Å². The van der Waals surface area contributed by atoms with E-state index in [1.807, 2.05) is 18.2 Å². The van der Waals surface area contributed by atoms with Crippen molar-refractivity contribution in [3.05, 3.63) is 41.9 Å². The van der Waals surface area contributed by atoms with Crippen LogP contribution in [0, 0.1) is 0 Å². The Labute approximate surface area is 160 Å². The van der Waals surface area contributed by atoms with Crippen LogP contribution in [0.15, 0.2) is 30.5 Å². The van der Waals surface area contributed by atoms with Crippen molar-refractivity contribution in [2.24, 2.45) is 0 Å². The lowest BCUT2D eigenvalue weighted by Gasteiger charge is -2.12. The molecule has 10 heteroatoms. The molecule has 0 fully saturated rings. The lowest BCUT2D eigenvalue weighted by Crippen LogP contribution is -2.15. The third kappa shape index (κ3) is 3.25. The van der Waals surface area contributed by atoms with E-state index in [2.05, 4.69) is 30.5 Å². The second kappa shape index (κ2) is 6.57. The third-order valence-electron chi connectivity index (χ3n) is 4.30. The van der Waals surface area contributed by atoms with E-state index in [1.165, 1.54) is 0 Å². The number of aromatic amines is 1. The summed E-state index contributed by atoms with van der Waals surface area (Å²) < 4.78 is 7.02. The minimum absolute atomic E-state index is 0.130. The Morgan fingerprint density at radius 2 is 2.11 bits per heavy atom. The molecule has 1 aromatic carbocycles. The Morgan fingerprint density at radius 3 is 2.82 bits per heavy atom. The fourth-order valence-electron chi connectivity index (χ4n) is 2.92. The Kier molecular flexibility index (Phi) is 4.19. The fraction of sp³-hybridized carbons (Fsp3) is 0.278. The zero-order valence-corrected chi connectivity index (χ0v) is 15.7. The maximum absolute atomic E-state index is 10.0. The van der Waals surface area contributed by atoms with Gasteiger partial charge in [-0.25, -0.2) is 14.6 Å². The highest BCUT2D eigenvalue weighted by molar-refractivity contribution is 5.95. The molecule has 0 amide bonds. The average molecular weight is 380 g/mol. The quantitative estimate of drug-likeness (QED) is 0.473. The number of hydrogen-bond donors (Lipinski definition) is 3. The van der Waals surface area contributed by atoms with E-state index in [9.17, 15) is 5.11 Å². The predicted molar refractivity (Wildman–Crippen MR) is 102 cm³/mol. The number of aromatic nitrogens is 7. The SMILES string of the molecule is COc1cccc2c(-c3cn(Cc4cc(C(C)(C)O)n[nH]4)nn3)nc(N)nc12. The second-order valence-electron chi connectivity index (χ2n) is 6.93. The molecule has 0 saturated heterocycles. The van der Waals surface area contributed by atoms with E-state index in [0.29, 0.717) is 34.9 Å². The standard InChI is InChI=1S/C18H20N8O2/c1-18(2,27)14-7-10(22-24-14)8-26-9-12(23-25-26)15-11-5-4-6-13(28-3)16(11)21-17(19)20-15/h4-7,9,27H,8H2,1-3H3,(H,22,24)(H2,19,20,21). The monoisotopic (exact) mass is 380 g/mol. The van der Waals surface area contributed by atoms with Crippen LogP contribution >= 0.6 is 0 Å². The number of rotatable bonds is 5. The van der Waals surface area contributed by atoms with Gasteiger partial charge in [0.2, 0.25) is 5.95 Å². The number of hydrogen-bond acceptors (Lipinski definition) is 8. The number of nitrogen functional groups attached to an aromatic ring is 1. The Balaban J connectivity index is 1.69. The van der Waals surface area contributed by atoms with Gasteiger partial charge in [0.15, 0.2) is 0 Å². The number of anilines is 1. The van der Waals surface area contributed by atoms with E-state index >= 15 is 0 Å². The number of ether oxygens (including phenoxy) is 1. The van der Waals surface area contributed by atoms with Crippen molar-refractivity contribution in [3.63, 3.8) is 0 Å². The number of H-pyrrole nitrogens is 1. The van der Waals surface area contributed by atoms with Crippen LogP contribution in [0.3, 0.4) is 0 Å². The van der Waals surface area contributed by atoms with Crippen LogP contribution < -0.4 is 10.5 Å². The maximum Gasteiger partial charge on any atom is 0.221 e. The molecular formula is C18H20N8O2. The molecule has 0 aliphatic rings. The number of nitrogens with two attached hydrogens (primary N) is 1. The van der Waals surface area contributed by atoms with Gasteiger partial charge >= 0.3 is 0 Å².